The molecule has 0 unspecified atom stereocenters. The zero-order chi connectivity index (χ0) is 23.5. The molecular weight excluding hydrogens is 457 g/mol. The van der Waals surface area contributed by atoms with Gasteiger partial charge in [0, 0.05) is 23.0 Å². The first-order valence-electron chi connectivity index (χ1n) is 10.4. The molecule has 1 aliphatic heterocycles. The number of aromatic nitrogens is 3. The summed E-state index contributed by atoms with van der Waals surface area (Å²) in [7, 11) is 1.68. The summed E-state index contributed by atoms with van der Waals surface area (Å²) < 4.78 is 2.83. The Morgan fingerprint density at radius 1 is 1.06 bits per heavy atom. The lowest BCUT2D eigenvalue weighted by Crippen LogP contribution is -2.25. The first-order chi connectivity index (χ1) is 15.9. The summed E-state index contributed by atoms with van der Waals surface area (Å²) in [6.07, 6.45) is 7.84. The second kappa shape index (κ2) is 9.65. The Morgan fingerprint density at radius 2 is 1.70 bits per heavy atom. The minimum absolute atomic E-state index is 0.0801. The predicted molar refractivity (Wildman–Crippen MR) is 136 cm³/mol. The Bertz CT molecular complexity index is 1310. The number of nitrogens with zero attached hydrogens (tertiary/aromatic N) is 5. The maximum atomic E-state index is 12.9. The molecule has 0 amide bonds. The van der Waals surface area contributed by atoms with Crippen molar-refractivity contribution in [1.29, 1.82) is 0 Å². The SMILES string of the molecule is C=C(/C=C\C=C/C)[C@H]1CN(c2nn(-c3ccc(Cl)cc3)c(=O)n2C)N=C1c1ccc(Cl)cc1. The third kappa shape index (κ3) is 4.72. The molecule has 8 heteroatoms. The van der Waals surface area contributed by atoms with Crippen LogP contribution >= 0.6 is 23.2 Å². The van der Waals surface area contributed by atoms with Gasteiger partial charge in [-0.05, 0) is 54.5 Å². The molecule has 0 fully saturated rings. The highest BCUT2D eigenvalue weighted by Gasteiger charge is 2.32. The van der Waals surface area contributed by atoms with E-state index in [4.69, 9.17) is 28.3 Å². The van der Waals surface area contributed by atoms with Crippen molar-refractivity contribution < 1.29 is 0 Å². The van der Waals surface area contributed by atoms with Gasteiger partial charge in [-0.3, -0.25) is 4.57 Å². The molecule has 6 nitrogen and oxygen atoms in total. The summed E-state index contributed by atoms with van der Waals surface area (Å²) in [4.78, 5) is 12.9. The molecule has 0 N–H and O–H groups in total. The lowest BCUT2D eigenvalue weighted by atomic mass is 9.91. The fourth-order valence-corrected chi connectivity index (χ4v) is 3.86. The van der Waals surface area contributed by atoms with E-state index in [9.17, 15) is 4.79 Å². The van der Waals surface area contributed by atoms with E-state index < -0.39 is 0 Å². The molecule has 0 saturated carbocycles. The second-order valence-corrected chi connectivity index (χ2v) is 8.49. The van der Waals surface area contributed by atoms with E-state index >= 15 is 0 Å². The van der Waals surface area contributed by atoms with Crippen LogP contribution in [-0.2, 0) is 7.05 Å². The molecule has 1 atom stereocenters. The Morgan fingerprint density at radius 3 is 2.33 bits per heavy atom. The van der Waals surface area contributed by atoms with Crippen molar-refractivity contribution in [2.45, 2.75) is 6.92 Å². The summed E-state index contributed by atoms with van der Waals surface area (Å²) in [5.74, 6) is 0.359. The van der Waals surface area contributed by atoms with Gasteiger partial charge in [-0.25, -0.2) is 9.80 Å². The normalized spacial score (nSPS) is 16.2. The summed E-state index contributed by atoms with van der Waals surface area (Å²) >= 11 is 12.1. The van der Waals surface area contributed by atoms with Crippen LogP contribution in [0.4, 0.5) is 5.95 Å². The van der Waals surface area contributed by atoms with E-state index in [0.29, 0.717) is 28.2 Å². The van der Waals surface area contributed by atoms with Crippen LogP contribution in [-0.4, -0.2) is 26.6 Å². The van der Waals surface area contributed by atoms with Crippen LogP contribution in [0.25, 0.3) is 5.69 Å². The zero-order valence-electron chi connectivity index (χ0n) is 18.3. The monoisotopic (exact) mass is 479 g/mol. The number of allylic oxidation sites excluding steroid dienone is 4. The van der Waals surface area contributed by atoms with E-state index in [-0.39, 0.29) is 11.6 Å². The average molecular weight is 480 g/mol. The molecule has 1 aromatic heterocycles. The number of rotatable bonds is 6. The fourth-order valence-electron chi connectivity index (χ4n) is 3.61. The topological polar surface area (TPSA) is 55.4 Å². The van der Waals surface area contributed by atoms with Gasteiger partial charge in [0.15, 0.2) is 0 Å². The molecule has 0 bridgehead atoms. The minimum atomic E-state index is -0.272. The van der Waals surface area contributed by atoms with Gasteiger partial charge in [-0.15, -0.1) is 5.10 Å². The van der Waals surface area contributed by atoms with Gasteiger partial charge in [0.1, 0.15) is 0 Å². The van der Waals surface area contributed by atoms with Gasteiger partial charge < -0.3 is 0 Å². The molecule has 4 rings (SSSR count). The highest BCUT2D eigenvalue weighted by molar-refractivity contribution is 6.31. The van der Waals surface area contributed by atoms with E-state index in [2.05, 4.69) is 11.7 Å². The molecule has 168 valence electrons. The van der Waals surface area contributed by atoms with Crippen molar-refractivity contribution in [1.82, 2.24) is 14.3 Å². The van der Waals surface area contributed by atoms with Gasteiger partial charge in [-0.2, -0.15) is 9.78 Å². The molecule has 2 heterocycles. The van der Waals surface area contributed by atoms with Crippen molar-refractivity contribution in [3.8, 4) is 5.69 Å². The Balaban J connectivity index is 1.74. The maximum Gasteiger partial charge on any atom is 0.351 e. The van der Waals surface area contributed by atoms with Gasteiger partial charge in [0.2, 0.25) is 5.95 Å². The van der Waals surface area contributed by atoms with Gasteiger partial charge in [0.25, 0.3) is 0 Å². The number of hydrazone groups is 1. The standard InChI is InChI=1S/C25H23Cl2N5O/c1-4-5-6-7-17(2)22-16-31(28-23(22)18-8-10-19(26)11-9-18)24-29-32(25(33)30(24)3)21-14-12-20(27)13-15-21/h4-15,22H,2,16H2,1,3H3/b5-4-,7-6-/t22-/m1/s1. The van der Waals surface area contributed by atoms with Crippen LogP contribution in [0, 0.1) is 5.92 Å². The Labute approximate surface area is 202 Å². The smallest absolute Gasteiger partial charge is 0.263 e. The molecule has 0 radical (unpaired) electrons. The first kappa shape index (κ1) is 22.8. The molecule has 3 aromatic rings. The summed E-state index contributed by atoms with van der Waals surface area (Å²) in [5.41, 5.74) is 3.05. The van der Waals surface area contributed by atoms with Crippen molar-refractivity contribution in [3.05, 3.63) is 111 Å². The lowest BCUT2D eigenvalue weighted by molar-refractivity contribution is 0.748. The number of hydrogen-bond donors (Lipinski definition) is 0. The number of halogens is 2. The Hall–Kier alpha value is -3.35. The van der Waals surface area contributed by atoms with Crippen LogP contribution in [0.5, 0.6) is 0 Å². The van der Waals surface area contributed by atoms with Crippen LogP contribution < -0.4 is 10.7 Å². The quantitative estimate of drug-likeness (QED) is 0.444. The van der Waals surface area contributed by atoms with Crippen molar-refractivity contribution in [3.63, 3.8) is 0 Å². The fraction of sp³-hybridized carbons (Fsp3) is 0.160. The molecule has 33 heavy (non-hydrogen) atoms. The van der Waals surface area contributed by atoms with Crippen LogP contribution in [0.3, 0.4) is 0 Å². The number of benzene rings is 2. The van der Waals surface area contributed by atoms with Crippen LogP contribution in [0.1, 0.15) is 12.5 Å². The Kier molecular flexibility index (Phi) is 6.67. The predicted octanol–water partition coefficient (Wildman–Crippen LogP) is 5.41. The maximum absolute atomic E-state index is 12.9. The van der Waals surface area contributed by atoms with Crippen molar-refractivity contribution in [2.75, 3.05) is 11.6 Å². The van der Waals surface area contributed by atoms with E-state index in [0.717, 1.165) is 16.8 Å². The van der Waals surface area contributed by atoms with E-state index in [1.54, 1.807) is 36.3 Å². The highest BCUT2D eigenvalue weighted by Crippen LogP contribution is 2.29. The molecule has 0 saturated heterocycles. The van der Waals surface area contributed by atoms with Crippen molar-refractivity contribution in [2.24, 2.45) is 18.1 Å². The molecule has 2 aromatic carbocycles. The summed E-state index contributed by atoms with van der Waals surface area (Å²) in [6.45, 7) is 6.73. The third-order valence-electron chi connectivity index (χ3n) is 5.38. The minimum Gasteiger partial charge on any atom is -0.263 e. The van der Waals surface area contributed by atoms with Crippen LogP contribution in [0.15, 0.2) is 94.9 Å². The lowest BCUT2D eigenvalue weighted by Gasteiger charge is -2.15. The molecule has 0 aliphatic carbocycles. The number of hydrogen-bond acceptors (Lipinski definition) is 4. The molecular formula is C25H23Cl2N5O. The first-order valence-corrected chi connectivity index (χ1v) is 11.2. The third-order valence-corrected chi connectivity index (χ3v) is 5.88. The second-order valence-electron chi connectivity index (χ2n) is 7.62. The average Bonchev–Trinajstić information content (AvgIpc) is 3.37. The number of anilines is 1. The summed E-state index contributed by atoms with van der Waals surface area (Å²) in [6, 6.07) is 14.5. The van der Waals surface area contributed by atoms with Gasteiger partial charge in [0.05, 0.1) is 17.9 Å². The molecule has 0 spiro atoms. The largest absolute Gasteiger partial charge is 0.351 e. The van der Waals surface area contributed by atoms with Crippen molar-refractivity contribution >= 4 is 34.9 Å². The van der Waals surface area contributed by atoms with E-state index in [1.807, 2.05) is 55.5 Å². The van der Waals surface area contributed by atoms with Crippen LogP contribution in [0.2, 0.25) is 10.0 Å². The van der Waals surface area contributed by atoms with Gasteiger partial charge >= 0.3 is 5.69 Å². The summed E-state index contributed by atoms with van der Waals surface area (Å²) in [5, 5.41) is 12.4. The van der Waals surface area contributed by atoms with Gasteiger partial charge in [-0.1, -0.05) is 66.2 Å². The highest BCUT2D eigenvalue weighted by atomic mass is 35.5. The molecule has 1 aliphatic rings. The zero-order valence-corrected chi connectivity index (χ0v) is 19.8. The van der Waals surface area contributed by atoms with E-state index in [1.165, 1.54) is 9.25 Å².